The maximum atomic E-state index is 9.89. The number of aromatic nitrogens is 1. The summed E-state index contributed by atoms with van der Waals surface area (Å²) in [7, 11) is 0. The second kappa shape index (κ2) is 11.1. The predicted octanol–water partition coefficient (Wildman–Crippen LogP) is 3.31. The second-order valence-corrected chi connectivity index (χ2v) is 6.58. The van der Waals surface area contributed by atoms with Gasteiger partial charge in [0.05, 0.1) is 18.8 Å². The molecule has 1 heterocycles. The SMILES string of the molecule is CCCCCCOCC(O)CNC(C)c1ncc(CC)s1. The summed E-state index contributed by atoms with van der Waals surface area (Å²) in [6.07, 6.45) is 7.31. The van der Waals surface area contributed by atoms with E-state index in [2.05, 4.69) is 31.1 Å². The zero-order chi connectivity index (χ0) is 15.5. The van der Waals surface area contributed by atoms with Crippen molar-refractivity contribution in [2.75, 3.05) is 19.8 Å². The molecule has 0 fully saturated rings. The molecule has 0 bridgehead atoms. The Hall–Kier alpha value is -0.490. The van der Waals surface area contributed by atoms with Crippen LogP contribution in [0.2, 0.25) is 0 Å². The molecule has 0 aromatic carbocycles. The fourth-order valence-electron chi connectivity index (χ4n) is 2.00. The molecule has 4 nitrogen and oxygen atoms in total. The summed E-state index contributed by atoms with van der Waals surface area (Å²) in [5.41, 5.74) is 0. The van der Waals surface area contributed by atoms with Crippen LogP contribution >= 0.6 is 11.3 Å². The maximum absolute atomic E-state index is 9.89. The van der Waals surface area contributed by atoms with Crippen LogP contribution in [0, 0.1) is 0 Å². The van der Waals surface area contributed by atoms with Crippen LogP contribution in [0.1, 0.15) is 62.4 Å². The fraction of sp³-hybridized carbons (Fsp3) is 0.812. The first-order valence-corrected chi connectivity index (χ1v) is 8.92. The van der Waals surface area contributed by atoms with Crippen molar-refractivity contribution in [2.45, 2.75) is 65.0 Å². The first kappa shape index (κ1) is 18.6. The molecular formula is C16H30N2O2S. The molecule has 1 rings (SSSR count). The van der Waals surface area contributed by atoms with Crippen LogP contribution in [0.5, 0.6) is 0 Å². The van der Waals surface area contributed by atoms with Crippen LogP contribution < -0.4 is 5.32 Å². The Morgan fingerprint density at radius 1 is 1.33 bits per heavy atom. The highest BCUT2D eigenvalue weighted by atomic mass is 32.1. The molecule has 21 heavy (non-hydrogen) atoms. The Labute approximate surface area is 132 Å². The van der Waals surface area contributed by atoms with Crippen LogP contribution in [0.25, 0.3) is 0 Å². The molecule has 0 radical (unpaired) electrons. The van der Waals surface area contributed by atoms with Crippen LogP contribution in [0.3, 0.4) is 0 Å². The van der Waals surface area contributed by atoms with Gasteiger partial charge in [0.15, 0.2) is 0 Å². The standard InChI is InChI=1S/C16H30N2O2S/c1-4-6-7-8-9-20-12-14(19)10-17-13(3)16-18-11-15(5-2)21-16/h11,13-14,17,19H,4-10,12H2,1-3H3. The first-order chi connectivity index (χ1) is 10.2. The average Bonchev–Trinajstić information content (AvgIpc) is 2.97. The summed E-state index contributed by atoms with van der Waals surface area (Å²) in [6, 6.07) is 0.175. The van der Waals surface area contributed by atoms with Crippen molar-refractivity contribution in [3.63, 3.8) is 0 Å². The van der Waals surface area contributed by atoms with E-state index in [0.29, 0.717) is 13.2 Å². The van der Waals surface area contributed by atoms with Gasteiger partial charge in [-0.15, -0.1) is 11.3 Å². The van der Waals surface area contributed by atoms with Crippen molar-refractivity contribution >= 4 is 11.3 Å². The third-order valence-electron chi connectivity index (χ3n) is 3.40. The zero-order valence-electron chi connectivity index (χ0n) is 13.6. The lowest BCUT2D eigenvalue weighted by atomic mass is 10.2. The van der Waals surface area contributed by atoms with Gasteiger partial charge in [0.2, 0.25) is 0 Å². The van der Waals surface area contributed by atoms with Crippen molar-refractivity contribution in [3.8, 4) is 0 Å². The van der Waals surface area contributed by atoms with E-state index in [1.807, 2.05) is 6.20 Å². The van der Waals surface area contributed by atoms with Gasteiger partial charge in [0.25, 0.3) is 0 Å². The summed E-state index contributed by atoms with van der Waals surface area (Å²) in [5, 5.41) is 14.3. The molecule has 5 heteroatoms. The van der Waals surface area contributed by atoms with E-state index in [9.17, 15) is 5.11 Å². The Morgan fingerprint density at radius 2 is 2.14 bits per heavy atom. The lowest BCUT2D eigenvalue weighted by molar-refractivity contribution is 0.0343. The third-order valence-corrected chi connectivity index (χ3v) is 4.73. The number of nitrogens with zero attached hydrogens (tertiary/aromatic N) is 1. The van der Waals surface area contributed by atoms with Crippen LogP contribution in [0.15, 0.2) is 6.20 Å². The number of nitrogens with one attached hydrogen (secondary N) is 1. The molecular weight excluding hydrogens is 284 g/mol. The topological polar surface area (TPSA) is 54.4 Å². The zero-order valence-corrected chi connectivity index (χ0v) is 14.4. The lowest BCUT2D eigenvalue weighted by Crippen LogP contribution is -2.32. The quantitative estimate of drug-likeness (QED) is 0.581. The molecule has 0 saturated heterocycles. The number of hydrogen-bond donors (Lipinski definition) is 2. The van der Waals surface area contributed by atoms with Gasteiger partial charge < -0.3 is 15.2 Å². The van der Waals surface area contributed by atoms with Gasteiger partial charge >= 0.3 is 0 Å². The van der Waals surface area contributed by atoms with E-state index in [0.717, 1.165) is 24.5 Å². The van der Waals surface area contributed by atoms with Gasteiger partial charge in [-0.2, -0.15) is 0 Å². The fourth-order valence-corrected chi connectivity index (χ4v) is 2.88. The number of hydrogen-bond acceptors (Lipinski definition) is 5. The van der Waals surface area contributed by atoms with E-state index in [-0.39, 0.29) is 6.04 Å². The highest BCUT2D eigenvalue weighted by Crippen LogP contribution is 2.19. The molecule has 2 N–H and O–H groups in total. The van der Waals surface area contributed by atoms with Crippen molar-refractivity contribution in [1.82, 2.24) is 10.3 Å². The minimum atomic E-state index is -0.454. The van der Waals surface area contributed by atoms with E-state index in [4.69, 9.17) is 4.74 Å². The van der Waals surface area contributed by atoms with Crippen LogP contribution in [-0.2, 0) is 11.2 Å². The van der Waals surface area contributed by atoms with E-state index in [1.165, 1.54) is 24.1 Å². The normalized spacial score (nSPS) is 14.3. The van der Waals surface area contributed by atoms with E-state index in [1.54, 1.807) is 11.3 Å². The minimum absolute atomic E-state index is 0.175. The van der Waals surface area contributed by atoms with E-state index < -0.39 is 6.10 Å². The number of thiazole rings is 1. The monoisotopic (exact) mass is 314 g/mol. The number of unbranched alkanes of at least 4 members (excludes halogenated alkanes) is 3. The summed E-state index contributed by atoms with van der Waals surface area (Å²) in [4.78, 5) is 5.71. The van der Waals surface area contributed by atoms with Crippen molar-refractivity contribution in [2.24, 2.45) is 0 Å². The first-order valence-electron chi connectivity index (χ1n) is 8.11. The summed E-state index contributed by atoms with van der Waals surface area (Å²) in [5.74, 6) is 0. The smallest absolute Gasteiger partial charge is 0.109 e. The molecule has 2 unspecified atom stereocenters. The number of aliphatic hydroxyl groups is 1. The van der Waals surface area contributed by atoms with Gasteiger partial charge in [0, 0.05) is 24.2 Å². The lowest BCUT2D eigenvalue weighted by Gasteiger charge is -2.15. The highest BCUT2D eigenvalue weighted by Gasteiger charge is 2.12. The molecule has 0 aliphatic heterocycles. The molecule has 0 saturated carbocycles. The van der Waals surface area contributed by atoms with Crippen molar-refractivity contribution in [3.05, 3.63) is 16.1 Å². The largest absolute Gasteiger partial charge is 0.389 e. The molecule has 1 aromatic heterocycles. The number of aliphatic hydroxyl groups excluding tert-OH is 1. The predicted molar refractivity (Wildman–Crippen MR) is 88.9 cm³/mol. The summed E-state index contributed by atoms with van der Waals surface area (Å²) in [6.45, 7) is 8.11. The Morgan fingerprint density at radius 3 is 2.81 bits per heavy atom. The van der Waals surface area contributed by atoms with Gasteiger partial charge in [-0.3, -0.25) is 0 Å². The third kappa shape index (κ3) is 7.90. The van der Waals surface area contributed by atoms with E-state index >= 15 is 0 Å². The Kier molecular flexibility index (Phi) is 9.83. The summed E-state index contributed by atoms with van der Waals surface area (Å²) >= 11 is 1.74. The van der Waals surface area contributed by atoms with Crippen molar-refractivity contribution < 1.29 is 9.84 Å². The molecule has 122 valence electrons. The Balaban J connectivity index is 2.10. The van der Waals surface area contributed by atoms with Crippen LogP contribution in [0.4, 0.5) is 0 Å². The number of aryl methyl sites for hydroxylation is 1. The number of ether oxygens (including phenoxy) is 1. The molecule has 2 atom stereocenters. The molecule has 1 aromatic rings. The molecule has 0 amide bonds. The van der Waals surface area contributed by atoms with Gasteiger partial charge in [-0.1, -0.05) is 33.1 Å². The molecule has 0 aliphatic carbocycles. The van der Waals surface area contributed by atoms with Crippen LogP contribution in [-0.4, -0.2) is 36.0 Å². The molecule has 0 spiro atoms. The summed E-state index contributed by atoms with van der Waals surface area (Å²) < 4.78 is 5.50. The average molecular weight is 314 g/mol. The Bertz CT molecular complexity index is 371. The van der Waals surface area contributed by atoms with Gasteiger partial charge in [-0.25, -0.2) is 4.98 Å². The molecule has 0 aliphatic rings. The highest BCUT2D eigenvalue weighted by molar-refractivity contribution is 7.11. The van der Waals surface area contributed by atoms with Gasteiger partial charge in [0.1, 0.15) is 5.01 Å². The maximum Gasteiger partial charge on any atom is 0.109 e. The van der Waals surface area contributed by atoms with Gasteiger partial charge in [-0.05, 0) is 19.8 Å². The number of rotatable bonds is 12. The van der Waals surface area contributed by atoms with Crippen molar-refractivity contribution in [1.29, 1.82) is 0 Å². The minimum Gasteiger partial charge on any atom is -0.389 e. The second-order valence-electron chi connectivity index (χ2n) is 5.44.